The summed E-state index contributed by atoms with van der Waals surface area (Å²) in [6.07, 6.45) is 3.77. The van der Waals surface area contributed by atoms with Crippen molar-refractivity contribution in [3.63, 3.8) is 0 Å². The van der Waals surface area contributed by atoms with Gasteiger partial charge in [0.25, 0.3) is 0 Å². The van der Waals surface area contributed by atoms with Gasteiger partial charge in [-0.25, -0.2) is 4.57 Å². The molecule has 2 rings (SSSR count). The standard InChI is InChI=1S/C18H25N2O6P/c1-5-17(20-13-8-7-9-19-12-13)27(22,25-6-2)26-14-10-15(23-3)18(21)16(11-14)24-4/h7-12,17,20-21H,5-6H2,1-4H3. The van der Waals surface area contributed by atoms with Crippen molar-refractivity contribution in [3.8, 4) is 23.0 Å². The number of hydrogen-bond acceptors (Lipinski definition) is 8. The molecule has 9 heteroatoms. The van der Waals surface area contributed by atoms with Gasteiger partial charge in [0.15, 0.2) is 11.5 Å². The predicted molar refractivity (Wildman–Crippen MR) is 103 cm³/mol. The molecule has 0 aliphatic carbocycles. The van der Waals surface area contributed by atoms with Crippen LogP contribution in [0, 0.1) is 0 Å². The van der Waals surface area contributed by atoms with Gasteiger partial charge in [-0.2, -0.15) is 0 Å². The smallest absolute Gasteiger partial charge is 0.401 e. The van der Waals surface area contributed by atoms with Crippen molar-refractivity contribution in [2.75, 3.05) is 26.1 Å². The predicted octanol–water partition coefficient (Wildman–Crippen LogP) is 4.26. The van der Waals surface area contributed by atoms with Crippen LogP contribution in [0.15, 0.2) is 36.7 Å². The number of rotatable bonds is 10. The molecule has 1 aromatic carbocycles. The molecule has 0 spiro atoms. The minimum Gasteiger partial charge on any atom is -0.502 e. The Hall–Kier alpha value is -2.44. The molecule has 0 radical (unpaired) electrons. The monoisotopic (exact) mass is 396 g/mol. The van der Waals surface area contributed by atoms with Crippen LogP contribution in [0.4, 0.5) is 5.69 Å². The Kier molecular flexibility index (Phi) is 7.33. The molecule has 0 bridgehead atoms. The highest BCUT2D eigenvalue weighted by Gasteiger charge is 2.37. The molecule has 0 saturated carbocycles. The molecule has 1 aromatic heterocycles. The molecule has 2 aromatic rings. The summed E-state index contributed by atoms with van der Waals surface area (Å²) < 4.78 is 35.1. The van der Waals surface area contributed by atoms with E-state index in [1.165, 1.54) is 26.4 Å². The number of ether oxygens (including phenoxy) is 2. The van der Waals surface area contributed by atoms with Crippen LogP contribution in [0.5, 0.6) is 23.0 Å². The Morgan fingerprint density at radius 1 is 1.22 bits per heavy atom. The third kappa shape index (κ3) is 5.05. The summed E-state index contributed by atoms with van der Waals surface area (Å²) in [5, 5.41) is 13.2. The number of nitrogens with zero attached hydrogens (tertiary/aromatic N) is 1. The first kappa shape index (κ1) is 20.9. The van der Waals surface area contributed by atoms with Gasteiger partial charge in [-0.05, 0) is 25.5 Å². The van der Waals surface area contributed by atoms with E-state index in [2.05, 4.69) is 10.3 Å². The number of benzene rings is 1. The lowest BCUT2D eigenvalue weighted by Crippen LogP contribution is -2.23. The van der Waals surface area contributed by atoms with E-state index in [0.717, 1.165) is 0 Å². The first-order chi connectivity index (χ1) is 13.0. The molecule has 0 fully saturated rings. The highest BCUT2D eigenvalue weighted by atomic mass is 31.2. The summed E-state index contributed by atoms with van der Waals surface area (Å²) in [6.45, 7) is 3.82. The van der Waals surface area contributed by atoms with Gasteiger partial charge >= 0.3 is 7.60 Å². The normalized spacial score (nSPS) is 14.1. The highest BCUT2D eigenvalue weighted by Crippen LogP contribution is 2.55. The molecule has 0 aliphatic rings. The molecular formula is C18H25N2O6P. The van der Waals surface area contributed by atoms with Crippen molar-refractivity contribution in [2.45, 2.75) is 26.1 Å². The Morgan fingerprint density at radius 3 is 2.37 bits per heavy atom. The number of anilines is 1. The summed E-state index contributed by atoms with van der Waals surface area (Å²) in [5.41, 5.74) is 0.703. The van der Waals surface area contributed by atoms with E-state index in [1.807, 2.05) is 13.0 Å². The fourth-order valence-electron chi connectivity index (χ4n) is 2.47. The lowest BCUT2D eigenvalue weighted by molar-refractivity contribution is 0.270. The van der Waals surface area contributed by atoms with Crippen molar-refractivity contribution in [1.82, 2.24) is 4.98 Å². The number of methoxy groups -OCH3 is 2. The summed E-state index contributed by atoms with van der Waals surface area (Å²) >= 11 is 0. The maximum absolute atomic E-state index is 13.5. The van der Waals surface area contributed by atoms with E-state index in [1.54, 1.807) is 25.4 Å². The van der Waals surface area contributed by atoms with Crippen molar-refractivity contribution in [2.24, 2.45) is 0 Å². The van der Waals surface area contributed by atoms with Crippen LogP contribution in [-0.4, -0.2) is 36.7 Å². The van der Waals surface area contributed by atoms with Crippen LogP contribution in [0.2, 0.25) is 0 Å². The summed E-state index contributed by atoms with van der Waals surface area (Å²) in [7, 11) is -0.820. The van der Waals surface area contributed by atoms with Crippen molar-refractivity contribution >= 4 is 13.3 Å². The average molecular weight is 396 g/mol. The Morgan fingerprint density at radius 2 is 1.89 bits per heavy atom. The highest BCUT2D eigenvalue weighted by molar-refractivity contribution is 7.55. The zero-order valence-corrected chi connectivity index (χ0v) is 16.7. The molecule has 2 atom stereocenters. The second-order valence-corrected chi connectivity index (χ2v) is 7.68. The first-order valence-electron chi connectivity index (χ1n) is 8.52. The Labute approximate surface area is 159 Å². The van der Waals surface area contributed by atoms with Crippen LogP contribution >= 0.6 is 7.60 Å². The van der Waals surface area contributed by atoms with E-state index < -0.39 is 13.4 Å². The van der Waals surface area contributed by atoms with E-state index in [0.29, 0.717) is 12.1 Å². The summed E-state index contributed by atoms with van der Waals surface area (Å²) in [6, 6.07) is 6.45. The van der Waals surface area contributed by atoms with Gasteiger partial charge in [-0.15, -0.1) is 0 Å². The summed E-state index contributed by atoms with van der Waals surface area (Å²) in [4.78, 5) is 4.04. The van der Waals surface area contributed by atoms with E-state index in [4.69, 9.17) is 18.5 Å². The lowest BCUT2D eigenvalue weighted by atomic mass is 10.3. The number of hydrogen-bond donors (Lipinski definition) is 2. The molecule has 1 heterocycles. The van der Waals surface area contributed by atoms with Gasteiger partial charge < -0.3 is 24.4 Å². The minimum atomic E-state index is -3.62. The fourth-order valence-corrected chi connectivity index (χ4v) is 4.35. The zero-order chi connectivity index (χ0) is 19.9. The number of nitrogens with one attached hydrogen (secondary N) is 1. The third-order valence-electron chi connectivity index (χ3n) is 3.76. The number of aromatic hydroxyl groups is 1. The van der Waals surface area contributed by atoms with Gasteiger partial charge in [0.1, 0.15) is 11.5 Å². The maximum Gasteiger partial charge on any atom is 0.401 e. The number of aromatic nitrogens is 1. The third-order valence-corrected chi connectivity index (χ3v) is 6.10. The van der Waals surface area contributed by atoms with Crippen LogP contribution in [0.1, 0.15) is 20.3 Å². The SMILES string of the molecule is CCOP(=O)(Oc1cc(OC)c(O)c(OC)c1)C(CC)Nc1cccnc1. The van der Waals surface area contributed by atoms with Crippen LogP contribution in [0.3, 0.4) is 0 Å². The van der Waals surface area contributed by atoms with Crippen LogP contribution < -0.4 is 19.3 Å². The van der Waals surface area contributed by atoms with Crippen LogP contribution in [0.25, 0.3) is 0 Å². The lowest BCUT2D eigenvalue weighted by Gasteiger charge is -2.27. The van der Waals surface area contributed by atoms with Gasteiger partial charge in [0, 0.05) is 24.5 Å². The minimum absolute atomic E-state index is 0.140. The van der Waals surface area contributed by atoms with Crippen molar-refractivity contribution in [3.05, 3.63) is 36.7 Å². The quantitative estimate of drug-likeness (QED) is 0.575. The number of pyridine rings is 1. The molecule has 2 N–H and O–H groups in total. The molecule has 27 heavy (non-hydrogen) atoms. The fraction of sp³-hybridized carbons (Fsp3) is 0.389. The molecule has 0 saturated heterocycles. The average Bonchev–Trinajstić information content (AvgIpc) is 2.68. The van der Waals surface area contributed by atoms with Gasteiger partial charge in [0.2, 0.25) is 5.75 Å². The number of phenolic OH excluding ortho intramolecular Hbond substituents is 1. The Balaban J connectivity index is 2.35. The molecular weight excluding hydrogens is 371 g/mol. The molecule has 0 aliphatic heterocycles. The van der Waals surface area contributed by atoms with Crippen LogP contribution in [-0.2, 0) is 9.09 Å². The van der Waals surface area contributed by atoms with Gasteiger partial charge in [0.05, 0.1) is 26.5 Å². The summed E-state index contributed by atoms with van der Waals surface area (Å²) in [5.74, 6) is -0.294. The topological polar surface area (TPSA) is 99.1 Å². The van der Waals surface area contributed by atoms with Gasteiger partial charge in [-0.3, -0.25) is 9.51 Å². The van der Waals surface area contributed by atoms with Crippen molar-refractivity contribution < 1.29 is 28.2 Å². The molecule has 2 unspecified atom stereocenters. The molecule has 148 valence electrons. The largest absolute Gasteiger partial charge is 0.502 e. The van der Waals surface area contributed by atoms with Gasteiger partial charge in [-0.1, -0.05) is 6.92 Å². The van der Waals surface area contributed by atoms with Crippen molar-refractivity contribution in [1.29, 1.82) is 0 Å². The second-order valence-electron chi connectivity index (χ2n) is 5.54. The van der Waals surface area contributed by atoms with E-state index in [-0.39, 0.29) is 29.6 Å². The molecule has 8 nitrogen and oxygen atoms in total. The molecule has 0 amide bonds. The zero-order valence-electron chi connectivity index (χ0n) is 15.8. The number of phenols is 1. The van der Waals surface area contributed by atoms with E-state index >= 15 is 0 Å². The maximum atomic E-state index is 13.5. The first-order valence-corrected chi connectivity index (χ1v) is 10.1. The Bertz CT molecular complexity index is 762. The second kappa shape index (κ2) is 9.48. The van der Waals surface area contributed by atoms with E-state index in [9.17, 15) is 9.67 Å².